The van der Waals surface area contributed by atoms with Gasteiger partial charge >= 0.3 is 5.97 Å². The predicted octanol–water partition coefficient (Wildman–Crippen LogP) is 3.82. The fourth-order valence-electron chi connectivity index (χ4n) is 3.14. The molecule has 130 valence electrons. The summed E-state index contributed by atoms with van der Waals surface area (Å²) < 4.78 is 5.55. The Morgan fingerprint density at radius 2 is 2.21 bits per heavy atom. The van der Waals surface area contributed by atoms with Crippen LogP contribution in [0.3, 0.4) is 0 Å². The van der Waals surface area contributed by atoms with Crippen LogP contribution < -0.4 is 5.56 Å². The second kappa shape index (κ2) is 7.27. The van der Waals surface area contributed by atoms with Gasteiger partial charge < -0.3 is 9.72 Å². The molecular weight excluding hydrogens is 344 g/mol. The average Bonchev–Trinajstić information content (AvgIpc) is 2.80. The van der Waals surface area contributed by atoms with E-state index < -0.39 is 0 Å². The zero-order valence-electron chi connectivity index (χ0n) is 14.2. The Morgan fingerprint density at radius 1 is 1.42 bits per heavy atom. The summed E-state index contributed by atoms with van der Waals surface area (Å²) in [7, 11) is 0. The van der Waals surface area contributed by atoms with E-state index in [9.17, 15) is 9.59 Å². The van der Waals surface area contributed by atoms with E-state index in [1.807, 2.05) is 13.8 Å². The molecule has 5 nitrogen and oxygen atoms in total. The van der Waals surface area contributed by atoms with Gasteiger partial charge in [-0.3, -0.25) is 9.59 Å². The van der Waals surface area contributed by atoms with E-state index in [1.54, 1.807) is 0 Å². The van der Waals surface area contributed by atoms with E-state index in [1.165, 1.54) is 29.5 Å². The number of H-pyrrole nitrogens is 1. The fraction of sp³-hybridized carbons (Fsp3) is 0.588. The van der Waals surface area contributed by atoms with Gasteiger partial charge in [-0.05, 0) is 44.6 Å². The number of nitrogens with one attached hydrogen (secondary N) is 1. The minimum absolute atomic E-state index is 0.0407. The standard InChI is InChI=1S/C17H22N2O3S2/c1-9-5-4-6-12(7-9)22-13(20)8-23-17-18-15(21)14-10(2)11(3)24-16(14)19-17/h9,12H,4-8H2,1-3H3,(H,18,19,21). The van der Waals surface area contributed by atoms with Crippen LogP contribution in [0.5, 0.6) is 0 Å². The van der Waals surface area contributed by atoms with Crippen molar-refractivity contribution < 1.29 is 9.53 Å². The van der Waals surface area contributed by atoms with E-state index in [2.05, 4.69) is 16.9 Å². The molecule has 1 fully saturated rings. The first-order valence-electron chi connectivity index (χ1n) is 8.26. The van der Waals surface area contributed by atoms with Gasteiger partial charge in [0, 0.05) is 4.88 Å². The minimum atomic E-state index is -0.236. The zero-order chi connectivity index (χ0) is 17.3. The van der Waals surface area contributed by atoms with Gasteiger partial charge in [-0.15, -0.1) is 11.3 Å². The van der Waals surface area contributed by atoms with Gasteiger partial charge in [-0.25, -0.2) is 4.98 Å². The summed E-state index contributed by atoms with van der Waals surface area (Å²) in [5.74, 6) is 0.554. The molecule has 24 heavy (non-hydrogen) atoms. The molecule has 2 unspecified atom stereocenters. The smallest absolute Gasteiger partial charge is 0.316 e. The maximum Gasteiger partial charge on any atom is 0.316 e. The summed E-state index contributed by atoms with van der Waals surface area (Å²) in [4.78, 5) is 33.3. The van der Waals surface area contributed by atoms with Crippen molar-refractivity contribution in [2.75, 3.05) is 5.75 Å². The Bertz CT molecular complexity index is 812. The Balaban J connectivity index is 1.63. The van der Waals surface area contributed by atoms with Crippen molar-refractivity contribution in [2.45, 2.75) is 57.7 Å². The van der Waals surface area contributed by atoms with Crippen LogP contribution in [-0.2, 0) is 9.53 Å². The molecule has 0 aliphatic heterocycles. The highest BCUT2D eigenvalue weighted by atomic mass is 32.2. The highest BCUT2D eigenvalue weighted by Crippen LogP contribution is 2.28. The number of esters is 1. The van der Waals surface area contributed by atoms with Gasteiger partial charge in [0.15, 0.2) is 5.16 Å². The fourth-order valence-corrected chi connectivity index (χ4v) is 4.87. The number of fused-ring (bicyclic) bond motifs is 1. The molecule has 1 aliphatic rings. The number of nitrogens with zero attached hydrogens (tertiary/aromatic N) is 1. The number of ether oxygens (including phenoxy) is 1. The topological polar surface area (TPSA) is 72.0 Å². The number of aromatic nitrogens is 2. The van der Waals surface area contributed by atoms with Crippen molar-refractivity contribution in [1.82, 2.24) is 9.97 Å². The Morgan fingerprint density at radius 3 is 2.96 bits per heavy atom. The zero-order valence-corrected chi connectivity index (χ0v) is 15.8. The molecule has 1 N–H and O–H groups in total. The Hall–Kier alpha value is -1.34. The average molecular weight is 367 g/mol. The summed E-state index contributed by atoms with van der Waals surface area (Å²) in [6.07, 6.45) is 4.28. The lowest BCUT2D eigenvalue weighted by Gasteiger charge is -2.26. The first-order valence-corrected chi connectivity index (χ1v) is 10.1. The third-order valence-electron chi connectivity index (χ3n) is 4.53. The SMILES string of the molecule is Cc1sc2nc(SCC(=O)OC3CCCC(C)C3)[nH]c(=O)c2c1C. The van der Waals surface area contributed by atoms with E-state index in [0.717, 1.165) is 34.5 Å². The summed E-state index contributed by atoms with van der Waals surface area (Å²) in [6.45, 7) is 6.11. The molecule has 0 spiro atoms. The molecule has 2 aromatic heterocycles. The number of hydrogen-bond donors (Lipinski definition) is 1. The number of thioether (sulfide) groups is 1. The highest BCUT2D eigenvalue weighted by molar-refractivity contribution is 7.99. The molecule has 2 atom stereocenters. The van der Waals surface area contributed by atoms with Crippen LogP contribution in [0, 0.1) is 19.8 Å². The summed E-state index contributed by atoms with van der Waals surface area (Å²) in [5.41, 5.74) is 0.838. The molecule has 0 amide bonds. The van der Waals surface area contributed by atoms with Crippen LogP contribution in [0.1, 0.15) is 43.0 Å². The molecule has 0 aromatic carbocycles. The predicted molar refractivity (Wildman–Crippen MR) is 98.0 cm³/mol. The lowest BCUT2D eigenvalue weighted by molar-refractivity contribution is -0.147. The van der Waals surface area contributed by atoms with Gasteiger partial charge in [0.05, 0.1) is 11.1 Å². The van der Waals surface area contributed by atoms with Gasteiger partial charge in [-0.1, -0.05) is 25.1 Å². The number of hydrogen-bond acceptors (Lipinski definition) is 6. The molecule has 3 rings (SSSR count). The van der Waals surface area contributed by atoms with Crippen LogP contribution in [0.25, 0.3) is 10.2 Å². The summed E-state index contributed by atoms with van der Waals surface area (Å²) in [5, 5.41) is 1.13. The van der Waals surface area contributed by atoms with E-state index in [4.69, 9.17) is 4.74 Å². The lowest BCUT2D eigenvalue weighted by Crippen LogP contribution is -2.25. The number of carbonyl (C=O) groups is 1. The minimum Gasteiger partial charge on any atom is -0.462 e. The van der Waals surface area contributed by atoms with E-state index in [-0.39, 0.29) is 23.4 Å². The van der Waals surface area contributed by atoms with E-state index >= 15 is 0 Å². The Kier molecular flexibility index (Phi) is 5.30. The first kappa shape index (κ1) is 17.5. The van der Waals surface area contributed by atoms with Crippen LogP contribution in [-0.4, -0.2) is 27.8 Å². The van der Waals surface area contributed by atoms with Crippen molar-refractivity contribution >= 4 is 39.3 Å². The number of carbonyl (C=O) groups excluding carboxylic acids is 1. The van der Waals surface area contributed by atoms with Crippen LogP contribution >= 0.6 is 23.1 Å². The van der Waals surface area contributed by atoms with Crippen LogP contribution in [0.2, 0.25) is 0 Å². The maximum absolute atomic E-state index is 12.2. The van der Waals surface area contributed by atoms with Crippen molar-refractivity contribution in [3.8, 4) is 0 Å². The lowest BCUT2D eigenvalue weighted by atomic mass is 9.89. The molecular formula is C17H22N2O3S2. The quantitative estimate of drug-likeness (QED) is 0.506. The second-order valence-electron chi connectivity index (χ2n) is 6.51. The second-order valence-corrected chi connectivity index (χ2v) is 8.67. The van der Waals surface area contributed by atoms with Crippen molar-refractivity contribution in [3.63, 3.8) is 0 Å². The molecule has 2 aromatic rings. The third-order valence-corrected chi connectivity index (χ3v) is 6.48. The monoisotopic (exact) mass is 366 g/mol. The molecule has 0 saturated heterocycles. The highest BCUT2D eigenvalue weighted by Gasteiger charge is 2.22. The molecule has 7 heteroatoms. The summed E-state index contributed by atoms with van der Waals surface area (Å²) >= 11 is 2.74. The molecule has 2 heterocycles. The summed E-state index contributed by atoms with van der Waals surface area (Å²) in [6, 6.07) is 0. The number of thiophene rings is 1. The molecule has 1 saturated carbocycles. The number of aryl methyl sites for hydroxylation is 2. The van der Waals surface area contributed by atoms with Gasteiger partial charge in [0.25, 0.3) is 5.56 Å². The van der Waals surface area contributed by atoms with Crippen LogP contribution in [0.15, 0.2) is 9.95 Å². The third kappa shape index (κ3) is 3.83. The van der Waals surface area contributed by atoms with E-state index in [0.29, 0.717) is 16.5 Å². The van der Waals surface area contributed by atoms with Crippen molar-refractivity contribution in [1.29, 1.82) is 0 Å². The first-order chi connectivity index (χ1) is 11.4. The maximum atomic E-state index is 12.2. The largest absolute Gasteiger partial charge is 0.462 e. The van der Waals surface area contributed by atoms with Gasteiger partial charge in [0.1, 0.15) is 10.9 Å². The Labute approximate surface area is 149 Å². The van der Waals surface area contributed by atoms with Gasteiger partial charge in [-0.2, -0.15) is 0 Å². The van der Waals surface area contributed by atoms with Crippen LogP contribution in [0.4, 0.5) is 0 Å². The van der Waals surface area contributed by atoms with Gasteiger partial charge in [0.2, 0.25) is 0 Å². The number of aromatic amines is 1. The molecule has 1 aliphatic carbocycles. The van der Waals surface area contributed by atoms with Crippen molar-refractivity contribution in [2.24, 2.45) is 5.92 Å². The van der Waals surface area contributed by atoms with Crippen molar-refractivity contribution in [3.05, 3.63) is 20.8 Å². The normalized spacial score (nSPS) is 21.1. The molecule has 0 bridgehead atoms. The molecule has 0 radical (unpaired) electrons. The number of rotatable bonds is 4.